The van der Waals surface area contributed by atoms with Crippen molar-refractivity contribution < 1.29 is 4.74 Å². The first-order valence-corrected chi connectivity index (χ1v) is 3.97. The minimum absolute atomic E-state index is 0.0671. The van der Waals surface area contributed by atoms with Crippen molar-refractivity contribution in [2.24, 2.45) is 5.73 Å². The van der Waals surface area contributed by atoms with Gasteiger partial charge < -0.3 is 10.5 Å². The van der Waals surface area contributed by atoms with Crippen LogP contribution in [-0.4, -0.2) is 18.8 Å². The summed E-state index contributed by atoms with van der Waals surface area (Å²) in [6, 6.07) is 0.360. The molecule has 0 aromatic rings. The van der Waals surface area contributed by atoms with Gasteiger partial charge in [-0.3, -0.25) is 0 Å². The summed E-state index contributed by atoms with van der Waals surface area (Å²) in [6.07, 6.45) is 4.56. The maximum Gasteiger partial charge on any atom is 0.0665 e. The van der Waals surface area contributed by atoms with E-state index in [-0.39, 0.29) is 5.60 Å². The van der Waals surface area contributed by atoms with Gasteiger partial charge in [0.2, 0.25) is 0 Å². The fourth-order valence-electron chi connectivity index (χ4n) is 1.68. The van der Waals surface area contributed by atoms with Crippen molar-refractivity contribution in [3.8, 4) is 0 Å². The van der Waals surface area contributed by atoms with E-state index in [2.05, 4.69) is 6.92 Å². The van der Waals surface area contributed by atoms with Crippen molar-refractivity contribution in [3.05, 3.63) is 0 Å². The Morgan fingerprint density at radius 3 is 2.70 bits per heavy atom. The molecule has 0 aliphatic heterocycles. The van der Waals surface area contributed by atoms with Gasteiger partial charge in [-0.15, -0.1) is 0 Å². The Balaban J connectivity index is 2.45. The highest BCUT2D eigenvalue weighted by Gasteiger charge is 2.29. The molecule has 2 nitrogen and oxygen atoms in total. The number of nitrogens with two attached hydrogens (primary N) is 1. The third-order valence-corrected chi connectivity index (χ3v) is 2.47. The number of hydrogen-bond acceptors (Lipinski definition) is 2. The molecule has 2 atom stereocenters. The van der Waals surface area contributed by atoms with Crippen molar-refractivity contribution >= 4 is 0 Å². The molecule has 0 heterocycles. The monoisotopic (exact) mass is 143 g/mol. The molecule has 1 saturated carbocycles. The van der Waals surface area contributed by atoms with Crippen LogP contribution in [0.3, 0.4) is 0 Å². The van der Waals surface area contributed by atoms with Crippen LogP contribution in [0.25, 0.3) is 0 Å². The van der Waals surface area contributed by atoms with Crippen LogP contribution >= 0.6 is 0 Å². The molecule has 1 aliphatic carbocycles. The summed E-state index contributed by atoms with van der Waals surface area (Å²) >= 11 is 0. The molecule has 0 saturated heterocycles. The summed E-state index contributed by atoms with van der Waals surface area (Å²) in [5, 5.41) is 0. The second kappa shape index (κ2) is 2.89. The molecule has 0 amide bonds. The van der Waals surface area contributed by atoms with Crippen LogP contribution in [0, 0.1) is 0 Å². The van der Waals surface area contributed by atoms with Gasteiger partial charge in [0.1, 0.15) is 0 Å². The SMILES string of the molecule is CO[C@]1(C)CCC[C@@H](N)C1. The Morgan fingerprint density at radius 2 is 2.30 bits per heavy atom. The normalized spacial score (nSPS) is 41.7. The van der Waals surface area contributed by atoms with Crippen molar-refractivity contribution in [2.75, 3.05) is 7.11 Å². The number of hydrogen-bond donors (Lipinski definition) is 1. The van der Waals surface area contributed by atoms with Crippen molar-refractivity contribution in [1.29, 1.82) is 0 Å². The summed E-state index contributed by atoms with van der Waals surface area (Å²) in [6.45, 7) is 2.14. The average Bonchev–Trinajstić information content (AvgIpc) is 1.88. The topological polar surface area (TPSA) is 35.2 Å². The van der Waals surface area contributed by atoms with E-state index in [9.17, 15) is 0 Å². The molecule has 0 spiro atoms. The first-order valence-electron chi connectivity index (χ1n) is 3.97. The van der Waals surface area contributed by atoms with Gasteiger partial charge in [0, 0.05) is 13.2 Å². The summed E-state index contributed by atoms with van der Waals surface area (Å²) in [5.74, 6) is 0. The highest BCUT2D eigenvalue weighted by molar-refractivity contribution is 4.85. The molecule has 0 aromatic carbocycles. The van der Waals surface area contributed by atoms with E-state index in [1.807, 2.05) is 0 Å². The van der Waals surface area contributed by atoms with E-state index in [1.165, 1.54) is 12.8 Å². The predicted octanol–water partition coefficient (Wildman–Crippen LogP) is 1.29. The van der Waals surface area contributed by atoms with E-state index in [0.717, 1.165) is 12.8 Å². The maximum atomic E-state index is 5.81. The van der Waals surface area contributed by atoms with E-state index in [4.69, 9.17) is 10.5 Å². The number of methoxy groups -OCH3 is 1. The van der Waals surface area contributed by atoms with Gasteiger partial charge in [-0.1, -0.05) is 0 Å². The Hall–Kier alpha value is -0.0800. The lowest BCUT2D eigenvalue weighted by Gasteiger charge is -2.35. The zero-order valence-corrected chi connectivity index (χ0v) is 6.89. The van der Waals surface area contributed by atoms with Gasteiger partial charge in [-0.25, -0.2) is 0 Å². The van der Waals surface area contributed by atoms with Gasteiger partial charge in [-0.2, -0.15) is 0 Å². The Bertz CT molecular complexity index is 116. The lowest BCUT2D eigenvalue weighted by atomic mass is 9.83. The summed E-state index contributed by atoms with van der Waals surface area (Å²) < 4.78 is 5.37. The lowest BCUT2D eigenvalue weighted by molar-refractivity contribution is -0.0283. The van der Waals surface area contributed by atoms with Crippen molar-refractivity contribution in [2.45, 2.75) is 44.2 Å². The molecular weight excluding hydrogens is 126 g/mol. The summed E-state index contributed by atoms with van der Waals surface area (Å²) in [5.41, 5.74) is 5.87. The van der Waals surface area contributed by atoms with Gasteiger partial charge in [0.05, 0.1) is 5.60 Å². The Labute approximate surface area is 62.7 Å². The van der Waals surface area contributed by atoms with Crippen LogP contribution in [-0.2, 0) is 4.74 Å². The van der Waals surface area contributed by atoms with Crippen LogP contribution in [0.2, 0.25) is 0 Å². The van der Waals surface area contributed by atoms with Crippen molar-refractivity contribution in [3.63, 3.8) is 0 Å². The minimum Gasteiger partial charge on any atom is -0.378 e. The summed E-state index contributed by atoms with van der Waals surface area (Å²) in [4.78, 5) is 0. The van der Waals surface area contributed by atoms with Gasteiger partial charge in [0.25, 0.3) is 0 Å². The second-order valence-electron chi connectivity index (χ2n) is 3.51. The first kappa shape index (κ1) is 8.02. The molecular formula is C8H17NO. The van der Waals surface area contributed by atoms with E-state index >= 15 is 0 Å². The largest absolute Gasteiger partial charge is 0.378 e. The average molecular weight is 143 g/mol. The fraction of sp³-hybridized carbons (Fsp3) is 1.00. The zero-order valence-electron chi connectivity index (χ0n) is 6.89. The van der Waals surface area contributed by atoms with Gasteiger partial charge in [-0.05, 0) is 32.6 Å². The molecule has 1 aliphatic rings. The molecule has 0 unspecified atom stereocenters. The molecule has 1 rings (SSSR count). The summed E-state index contributed by atoms with van der Waals surface area (Å²) in [7, 11) is 1.78. The van der Waals surface area contributed by atoms with E-state index in [0.29, 0.717) is 6.04 Å². The predicted molar refractivity (Wildman–Crippen MR) is 41.9 cm³/mol. The first-order chi connectivity index (χ1) is 4.66. The fourth-order valence-corrected chi connectivity index (χ4v) is 1.68. The van der Waals surface area contributed by atoms with E-state index in [1.54, 1.807) is 7.11 Å². The zero-order chi connectivity index (χ0) is 7.61. The van der Waals surface area contributed by atoms with Crippen LogP contribution in [0.15, 0.2) is 0 Å². The van der Waals surface area contributed by atoms with E-state index < -0.39 is 0 Å². The van der Waals surface area contributed by atoms with Crippen molar-refractivity contribution in [1.82, 2.24) is 0 Å². The number of ether oxygens (including phenoxy) is 1. The standard InChI is InChI=1S/C8H17NO/c1-8(10-2)5-3-4-7(9)6-8/h7H,3-6,9H2,1-2H3/t7-,8-/m1/s1. The molecule has 0 bridgehead atoms. The highest BCUT2D eigenvalue weighted by Crippen LogP contribution is 2.29. The van der Waals surface area contributed by atoms with Crippen LogP contribution in [0.5, 0.6) is 0 Å². The Morgan fingerprint density at radius 1 is 1.60 bits per heavy atom. The van der Waals surface area contributed by atoms with Crippen LogP contribution < -0.4 is 5.73 Å². The third-order valence-electron chi connectivity index (χ3n) is 2.47. The second-order valence-corrected chi connectivity index (χ2v) is 3.51. The molecule has 2 N–H and O–H groups in total. The maximum absolute atomic E-state index is 5.81. The van der Waals surface area contributed by atoms with Crippen LogP contribution in [0.1, 0.15) is 32.6 Å². The van der Waals surface area contributed by atoms with Gasteiger partial charge in [0.15, 0.2) is 0 Å². The lowest BCUT2D eigenvalue weighted by Crippen LogP contribution is -2.40. The molecule has 2 heteroatoms. The molecule has 0 aromatic heterocycles. The highest BCUT2D eigenvalue weighted by atomic mass is 16.5. The minimum atomic E-state index is 0.0671. The molecule has 1 fully saturated rings. The van der Waals surface area contributed by atoms with Crippen LogP contribution in [0.4, 0.5) is 0 Å². The molecule has 60 valence electrons. The molecule has 10 heavy (non-hydrogen) atoms. The third kappa shape index (κ3) is 1.70. The Kier molecular flexibility index (Phi) is 2.32. The van der Waals surface area contributed by atoms with Gasteiger partial charge >= 0.3 is 0 Å². The molecule has 0 radical (unpaired) electrons. The quantitative estimate of drug-likeness (QED) is 0.600. The smallest absolute Gasteiger partial charge is 0.0665 e. The number of rotatable bonds is 1.